The average Bonchev–Trinajstić information content (AvgIpc) is 2.98. The maximum Gasteiger partial charge on any atom is 0.410 e. The lowest BCUT2D eigenvalue weighted by Crippen LogP contribution is -2.56. The minimum Gasteiger partial charge on any atom is -0.450 e. The molecule has 0 radical (unpaired) electrons. The van der Waals surface area contributed by atoms with E-state index in [1.807, 2.05) is 11.8 Å². The molecule has 3 fully saturated rings. The van der Waals surface area contributed by atoms with Crippen LogP contribution in [-0.4, -0.2) is 65.7 Å². The van der Waals surface area contributed by atoms with Crippen LogP contribution in [-0.2, 0) is 4.74 Å². The summed E-state index contributed by atoms with van der Waals surface area (Å²) in [7, 11) is 0. The van der Waals surface area contributed by atoms with Crippen molar-refractivity contribution in [3.8, 4) is 0 Å². The molecule has 0 aliphatic carbocycles. The second-order valence-electron chi connectivity index (χ2n) is 8.43. The molecule has 2 bridgehead atoms. The first-order chi connectivity index (χ1) is 14.0. The van der Waals surface area contributed by atoms with E-state index in [4.69, 9.17) is 4.74 Å². The van der Waals surface area contributed by atoms with Crippen LogP contribution in [0.1, 0.15) is 55.8 Å². The lowest BCUT2D eigenvalue weighted by molar-refractivity contribution is 0.0309. The summed E-state index contributed by atoms with van der Waals surface area (Å²) in [5.74, 6) is -0.483. The Hall–Kier alpha value is -2.15. The first-order valence-corrected chi connectivity index (χ1v) is 10.8. The van der Waals surface area contributed by atoms with E-state index in [0.29, 0.717) is 18.2 Å². The molecule has 4 rings (SSSR count). The lowest BCUT2D eigenvalue weighted by Gasteiger charge is -2.45. The molecule has 1 aromatic rings. The zero-order valence-corrected chi connectivity index (χ0v) is 17.0. The molecule has 29 heavy (non-hydrogen) atoms. The van der Waals surface area contributed by atoms with Gasteiger partial charge >= 0.3 is 6.09 Å². The number of rotatable bonds is 4. The number of ether oxygens (including phenoxy) is 1. The number of benzene rings is 1. The number of amides is 2. The van der Waals surface area contributed by atoms with E-state index >= 15 is 0 Å². The van der Waals surface area contributed by atoms with Crippen LogP contribution in [0.4, 0.5) is 9.18 Å². The van der Waals surface area contributed by atoms with Crippen LogP contribution in [0.2, 0.25) is 0 Å². The Balaban J connectivity index is 1.34. The highest BCUT2D eigenvalue weighted by molar-refractivity contribution is 5.94. The van der Waals surface area contributed by atoms with E-state index in [2.05, 4.69) is 10.2 Å². The first-order valence-electron chi connectivity index (χ1n) is 10.8. The highest BCUT2D eigenvalue weighted by atomic mass is 19.1. The van der Waals surface area contributed by atoms with E-state index < -0.39 is 0 Å². The third-order valence-electron chi connectivity index (χ3n) is 6.60. The van der Waals surface area contributed by atoms with Crippen LogP contribution in [0.5, 0.6) is 0 Å². The predicted molar refractivity (Wildman–Crippen MR) is 107 cm³/mol. The number of piperidine rings is 2. The molecule has 2 amide bonds. The van der Waals surface area contributed by atoms with Gasteiger partial charge in [0.05, 0.1) is 6.61 Å². The van der Waals surface area contributed by atoms with Crippen molar-refractivity contribution in [1.29, 1.82) is 0 Å². The topological polar surface area (TPSA) is 61.9 Å². The molecule has 0 saturated carbocycles. The molecular weight excluding hydrogens is 373 g/mol. The van der Waals surface area contributed by atoms with Gasteiger partial charge in [0.25, 0.3) is 5.91 Å². The van der Waals surface area contributed by atoms with E-state index in [9.17, 15) is 14.0 Å². The standard InChI is InChI=1S/C22H30FN3O3/c1-2-29-22(28)26-18-9-10-19(26)13-20(12-18)25-11-3-4-17(14-25)24-21(27)15-5-7-16(23)8-6-15/h5-8,17-20H,2-4,9-14H2,1H3,(H,24,27). The lowest BCUT2D eigenvalue weighted by atomic mass is 9.93. The van der Waals surface area contributed by atoms with Gasteiger partial charge < -0.3 is 15.0 Å². The number of likely N-dealkylation sites (tertiary alicyclic amines) is 1. The van der Waals surface area contributed by atoms with Gasteiger partial charge in [0, 0.05) is 36.3 Å². The molecule has 158 valence electrons. The number of halogens is 1. The van der Waals surface area contributed by atoms with Gasteiger partial charge in [0.15, 0.2) is 0 Å². The van der Waals surface area contributed by atoms with Gasteiger partial charge in [-0.1, -0.05) is 0 Å². The number of nitrogens with one attached hydrogen (secondary N) is 1. The fraction of sp³-hybridized carbons (Fsp3) is 0.636. The Bertz CT molecular complexity index is 727. The van der Waals surface area contributed by atoms with Gasteiger partial charge in [0.1, 0.15) is 5.82 Å². The van der Waals surface area contributed by atoms with Crippen LogP contribution in [0.25, 0.3) is 0 Å². The van der Waals surface area contributed by atoms with Crippen LogP contribution in [0.15, 0.2) is 24.3 Å². The van der Waals surface area contributed by atoms with Gasteiger partial charge in [-0.25, -0.2) is 9.18 Å². The number of hydrogen-bond donors (Lipinski definition) is 1. The summed E-state index contributed by atoms with van der Waals surface area (Å²) in [6.45, 7) is 4.13. The second-order valence-corrected chi connectivity index (χ2v) is 8.43. The SMILES string of the molecule is CCOC(=O)N1C2CCC1CC(N1CCCC(NC(=O)c3ccc(F)cc3)C1)C2. The Morgan fingerprint density at radius 3 is 2.45 bits per heavy atom. The van der Waals surface area contributed by atoms with Crippen LogP contribution in [0.3, 0.4) is 0 Å². The molecule has 7 heteroatoms. The summed E-state index contributed by atoms with van der Waals surface area (Å²) < 4.78 is 18.3. The smallest absolute Gasteiger partial charge is 0.410 e. The Morgan fingerprint density at radius 1 is 1.10 bits per heavy atom. The molecule has 3 saturated heterocycles. The number of carbonyl (C=O) groups is 2. The third kappa shape index (κ3) is 4.39. The highest BCUT2D eigenvalue weighted by Crippen LogP contribution is 2.38. The summed E-state index contributed by atoms with van der Waals surface area (Å²) >= 11 is 0. The molecule has 0 aromatic heterocycles. The van der Waals surface area contributed by atoms with Crippen molar-refractivity contribution in [3.05, 3.63) is 35.6 Å². The summed E-state index contributed by atoms with van der Waals surface area (Å²) in [6, 6.07) is 6.76. The maximum atomic E-state index is 13.1. The second kappa shape index (κ2) is 8.69. The van der Waals surface area contributed by atoms with Crippen LogP contribution < -0.4 is 5.32 Å². The van der Waals surface area contributed by atoms with Crippen LogP contribution >= 0.6 is 0 Å². The van der Waals surface area contributed by atoms with Crippen molar-refractivity contribution in [2.24, 2.45) is 0 Å². The largest absolute Gasteiger partial charge is 0.450 e. The van der Waals surface area contributed by atoms with E-state index in [1.54, 1.807) is 0 Å². The molecule has 3 unspecified atom stereocenters. The molecule has 3 heterocycles. The maximum absolute atomic E-state index is 13.1. The van der Waals surface area contributed by atoms with E-state index in [0.717, 1.165) is 51.6 Å². The number of carbonyl (C=O) groups excluding carboxylic acids is 2. The molecule has 0 spiro atoms. The van der Waals surface area contributed by atoms with Gasteiger partial charge in [-0.15, -0.1) is 0 Å². The number of fused-ring (bicyclic) bond motifs is 2. The van der Waals surface area contributed by atoms with Crippen LogP contribution in [0, 0.1) is 5.82 Å². The first kappa shape index (κ1) is 20.1. The van der Waals surface area contributed by atoms with E-state index in [1.165, 1.54) is 24.3 Å². The number of nitrogens with zero attached hydrogens (tertiary/aromatic N) is 2. The summed E-state index contributed by atoms with van der Waals surface area (Å²) in [6.07, 6.45) is 5.90. The van der Waals surface area contributed by atoms with Crippen molar-refractivity contribution < 1.29 is 18.7 Å². The van der Waals surface area contributed by atoms with Crippen molar-refractivity contribution in [2.45, 2.75) is 69.6 Å². The van der Waals surface area contributed by atoms with Gasteiger partial charge in [0.2, 0.25) is 0 Å². The highest BCUT2D eigenvalue weighted by Gasteiger charge is 2.45. The molecular formula is C22H30FN3O3. The van der Waals surface area contributed by atoms with Gasteiger partial charge in [-0.2, -0.15) is 0 Å². The minimum absolute atomic E-state index is 0.0991. The monoisotopic (exact) mass is 403 g/mol. The minimum atomic E-state index is -0.339. The molecule has 1 N–H and O–H groups in total. The quantitative estimate of drug-likeness (QED) is 0.839. The number of hydrogen-bond acceptors (Lipinski definition) is 4. The van der Waals surface area contributed by atoms with Crippen molar-refractivity contribution >= 4 is 12.0 Å². The average molecular weight is 403 g/mol. The zero-order chi connectivity index (χ0) is 20.4. The summed E-state index contributed by atoms with van der Waals surface area (Å²) in [4.78, 5) is 29.2. The van der Waals surface area contributed by atoms with Gasteiger partial charge in [-0.05, 0) is 76.3 Å². The third-order valence-corrected chi connectivity index (χ3v) is 6.60. The molecule has 6 nitrogen and oxygen atoms in total. The molecule has 3 aliphatic rings. The Labute approximate surface area is 171 Å². The van der Waals surface area contributed by atoms with Crippen molar-refractivity contribution in [3.63, 3.8) is 0 Å². The van der Waals surface area contributed by atoms with Crippen molar-refractivity contribution in [2.75, 3.05) is 19.7 Å². The van der Waals surface area contributed by atoms with Crippen molar-refractivity contribution in [1.82, 2.24) is 15.1 Å². The fourth-order valence-corrected chi connectivity index (χ4v) is 5.27. The fourth-order valence-electron chi connectivity index (χ4n) is 5.27. The zero-order valence-electron chi connectivity index (χ0n) is 17.0. The summed E-state index contributed by atoms with van der Waals surface area (Å²) in [5, 5.41) is 3.12. The molecule has 1 aromatic carbocycles. The Morgan fingerprint density at radius 2 is 1.79 bits per heavy atom. The predicted octanol–water partition coefficient (Wildman–Crippen LogP) is 3.17. The van der Waals surface area contributed by atoms with Gasteiger partial charge in [-0.3, -0.25) is 9.69 Å². The normalized spacial score (nSPS) is 29.5. The van der Waals surface area contributed by atoms with E-state index in [-0.39, 0.29) is 35.9 Å². The Kier molecular flexibility index (Phi) is 6.04. The molecule has 3 aliphatic heterocycles. The summed E-state index contributed by atoms with van der Waals surface area (Å²) in [5.41, 5.74) is 0.490. The molecule has 3 atom stereocenters.